The number of thiazole rings is 1. The summed E-state index contributed by atoms with van der Waals surface area (Å²) in [4.78, 5) is 22.9. The molecule has 0 N–H and O–H groups in total. The number of benzene rings is 1. The standard InChI is InChI=1S/C16H12ClN3OS/c1-20(12-7-3-2-4-8-12)16(21)13-14(17)19-15(22-13)11-6-5-9-18-10-11/h2-10H,1H3. The van der Waals surface area contributed by atoms with Crippen molar-refractivity contribution in [1.82, 2.24) is 9.97 Å². The molecule has 0 aliphatic carbocycles. The summed E-state index contributed by atoms with van der Waals surface area (Å²) in [6, 6.07) is 13.1. The minimum atomic E-state index is -0.177. The SMILES string of the molecule is CN(C(=O)c1sc(-c2cccnc2)nc1Cl)c1ccccc1. The summed E-state index contributed by atoms with van der Waals surface area (Å²) >= 11 is 7.42. The van der Waals surface area contributed by atoms with Crippen LogP contribution in [0.25, 0.3) is 10.6 Å². The fourth-order valence-corrected chi connectivity index (χ4v) is 3.22. The van der Waals surface area contributed by atoms with E-state index in [1.165, 1.54) is 11.3 Å². The second-order valence-corrected chi connectivity index (χ2v) is 5.94. The van der Waals surface area contributed by atoms with Crippen molar-refractivity contribution < 1.29 is 4.79 Å². The molecular formula is C16H12ClN3OS. The molecule has 0 atom stereocenters. The van der Waals surface area contributed by atoms with Crippen molar-refractivity contribution in [2.24, 2.45) is 0 Å². The van der Waals surface area contributed by atoms with Gasteiger partial charge in [0.05, 0.1) is 0 Å². The van der Waals surface area contributed by atoms with Crippen molar-refractivity contribution in [3.05, 3.63) is 64.9 Å². The van der Waals surface area contributed by atoms with E-state index in [0.29, 0.717) is 9.88 Å². The normalized spacial score (nSPS) is 10.5. The maximum absolute atomic E-state index is 12.6. The van der Waals surface area contributed by atoms with Crippen molar-refractivity contribution in [3.8, 4) is 10.6 Å². The highest BCUT2D eigenvalue weighted by Gasteiger charge is 2.21. The van der Waals surface area contributed by atoms with Gasteiger partial charge in [0, 0.05) is 30.7 Å². The topological polar surface area (TPSA) is 46.1 Å². The lowest BCUT2D eigenvalue weighted by Gasteiger charge is -2.16. The Labute approximate surface area is 137 Å². The van der Waals surface area contributed by atoms with Crippen LogP contribution in [-0.2, 0) is 0 Å². The predicted octanol–water partition coefficient (Wildman–Crippen LogP) is 4.14. The molecule has 0 radical (unpaired) electrons. The van der Waals surface area contributed by atoms with Crippen LogP contribution >= 0.6 is 22.9 Å². The van der Waals surface area contributed by atoms with E-state index in [4.69, 9.17) is 11.6 Å². The fourth-order valence-electron chi connectivity index (χ4n) is 1.97. The number of carbonyl (C=O) groups excluding carboxylic acids is 1. The summed E-state index contributed by atoms with van der Waals surface area (Å²) in [5, 5.41) is 0.902. The number of carbonyl (C=O) groups is 1. The van der Waals surface area contributed by atoms with Crippen LogP contribution in [0.1, 0.15) is 9.67 Å². The molecule has 0 fully saturated rings. The van der Waals surface area contributed by atoms with E-state index in [0.717, 1.165) is 11.3 Å². The predicted molar refractivity (Wildman–Crippen MR) is 89.5 cm³/mol. The molecule has 3 aromatic rings. The highest BCUT2D eigenvalue weighted by atomic mass is 35.5. The maximum Gasteiger partial charge on any atom is 0.271 e. The Morgan fingerprint density at radius 2 is 1.95 bits per heavy atom. The minimum Gasteiger partial charge on any atom is -0.311 e. The third-order valence-electron chi connectivity index (χ3n) is 3.14. The lowest BCUT2D eigenvalue weighted by atomic mass is 10.3. The fraction of sp³-hybridized carbons (Fsp3) is 0.0625. The van der Waals surface area contributed by atoms with Gasteiger partial charge >= 0.3 is 0 Å². The molecule has 0 unspecified atom stereocenters. The lowest BCUT2D eigenvalue weighted by molar-refractivity contribution is 0.0997. The Morgan fingerprint density at radius 1 is 1.18 bits per heavy atom. The van der Waals surface area contributed by atoms with E-state index in [-0.39, 0.29) is 11.1 Å². The molecule has 4 nitrogen and oxygen atoms in total. The number of rotatable bonds is 3. The number of nitrogens with zero attached hydrogens (tertiary/aromatic N) is 3. The first-order valence-corrected chi connectivity index (χ1v) is 7.76. The molecule has 1 aromatic carbocycles. The molecule has 1 amide bonds. The van der Waals surface area contributed by atoms with Gasteiger partial charge in [0.15, 0.2) is 5.15 Å². The van der Waals surface area contributed by atoms with Crippen LogP contribution in [0, 0.1) is 0 Å². The summed E-state index contributed by atoms with van der Waals surface area (Å²) in [5.74, 6) is -0.177. The molecule has 0 saturated carbocycles. The summed E-state index contributed by atoms with van der Waals surface area (Å²) in [5.41, 5.74) is 1.65. The molecule has 0 bridgehead atoms. The molecule has 6 heteroatoms. The van der Waals surface area contributed by atoms with Gasteiger partial charge in [0.2, 0.25) is 0 Å². The van der Waals surface area contributed by atoms with Crippen molar-refractivity contribution in [3.63, 3.8) is 0 Å². The van der Waals surface area contributed by atoms with E-state index in [1.807, 2.05) is 42.5 Å². The lowest BCUT2D eigenvalue weighted by Crippen LogP contribution is -2.25. The Bertz CT molecular complexity index is 790. The summed E-state index contributed by atoms with van der Waals surface area (Å²) in [6.45, 7) is 0. The van der Waals surface area contributed by atoms with Gasteiger partial charge in [-0.2, -0.15) is 0 Å². The average molecular weight is 330 g/mol. The first kappa shape index (κ1) is 14.7. The summed E-state index contributed by atoms with van der Waals surface area (Å²) in [7, 11) is 1.72. The van der Waals surface area contributed by atoms with Gasteiger partial charge in [-0.15, -0.1) is 11.3 Å². The number of para-hydroxylation sites is 1. The zero-order valence-corrected chi connectivity index (χ0v) is 13.3. The Balaban J connectivity index is 1.92. The van der Waals surface area contributed by atoms with Gasteiger partial charge in [-0.05, 0) is 24.3 Å². The van der Waals surface area contributed by atoms with Crippen molar-refractivity contribution in [2.45, 2.75) is 0 Å². The Morgan fingerprint density at radius 3 is 2.64 bits per heavy atom. The molecule has 2 aromatic heterocycles. The van der Waals surface area contributed by atoms with Gasteiger partial charge in [0.25, 0.3) is 5.91 Å². The van der Waals surface area contributed by atoms with Gasteiger partial charge in [-0.1, -0.05) is 29.8 Å². The molecule has 0 saturated heterocycles. The largest absolute Gasteiger partial charge is 0.311 e. The molecule has 0 aliphatic heterocycles. The van der Waals surface area contributed by atoms with Crippen LogP contribution < -0.4 is 4.90 Å². The van der Waals surface area contributed by atoms with E-state index in [2.05, 4.69) is 9.97 Å². The van der Waals surface area contributed by atoms with Crippen LogP contribution in [0.5, 0.6) is 0 Å². The first-order valence-electron chi connectivity index (χ1n) is 6.56. The highest BCUT2D eigenvalue weighted by molar-refractivity contribution is 7.17. The minimum absolute atomic E-state index is 0.177. The van der Waals surface area contributed by atoms with Crippen molar-refractivity contribution in [1.29, 1.82) is 0 Å². The van der Waals surface area contributed by atoms with Gasteiger partial charge in [-0.25, -0.2) is 4.98 Å². The highest BCUT2D eigenvalue weighted by Crippen LogP contribution is 2.32. The number of amides is 1. The van der Waals surface area contributed by atoms with Crippen molar-refractivity contribution in [2.75, 3.05) is 11.9 Å². The molecule has 22 heavy (non-hydrogen) atoms. The van der Waals surface area contributed by atoms with Gasteiger partial charge < -0.3 is 4.90 Å². The zero-order valence-electron chi connectivity index (χ0n) is 11.7. The van der Waals surface area contributed by atoms with E-state index in [1.54, 1.807) is 24.3 Å². The molecule has 2 heterocycles. The van der Waals surface area contributed by atoms with Crippen molar-refractivity contribution >= 4 is 34.5 Å². The quantitative estimate of drug-likeness (QED) is 0.725. The van der Waals surface area contributed by atoms with Gasteiger partial charge in [0.1, 0.15) is 9.88 Å². The average Bonchev–Trinajstić information content (AvgIpc) is 2.97. The molecule has 0 spiro atoms. The molecule has 3 rings (SSSR count). The van der Waals surface area contributed by atoms with Crippen LogP contribution in [-0.4, -0.2) is 22.9 Å². The smallest absolute Gasteiger partial charge is 0.271 e. The van der Waals surface area contributed by atoms with Gasteiger partial charge in [-0.3, -0.25) is 9.78 Å². The molecule has 0 aliphatic rings. The summed E-state index contributed by atoms with van der Waals surface area (Å²) < 4.78 is 0. The number of hydrogen-bond donors (Lipinski definition) is 0. The van der Waals surface area contributed by atoms with Crippen LogP contribution in [0.2, 0.25) is 5.15 Å². The maximum atomic E-state index is 12.6. The number of hydrogen-bond acceptors (Lipinski definition) is 4. The van der Waals surface area contributed by atoms with Crippen LogP contribution in [0.3, 0.4) is 0 Å². The summed E-state index contributed by atoms with van der Waals surface area (Å²) in [6.07, 6.45) is 3.39. The van der Waals surface area contributed by atoms with E-state index >= 15 is 0 Å². The molecule has 110 valence electrons. The second kappa shape index (κ2) is 6.25. The number of aromatic nitrogens is 2. The van der Waals surface area contributed by atoms with E-state index < -0.39 is 0 Å². The first-order chi connectivity index (χ1) is 10.7. The monoisotopic (exact) mass is 329 g/mol. The zero-order chi connectivity index (χ0) is 15.5. The third-order valence-corrected chi connectivity index (χ3v) is 4.61. The third kappa shape index (κ3) is 2.86. The molecular weight excluding hydrogens is 318 g/mol. The second-order valence-electron chi connectivity index (χ2n) is 4.58. The van der Waals surface area contributed by atoms with Crippen LogP contribution in [0.4, 0.5) is 5.69 Å². The Hall–Kier alpha value is -2.24. The Kier molecular flexibility index (Phi) is 4.18. The number of pyridine rings is 1. The van der Waals surface area contributed by atoms with Crippen LogP contribution in [0.15, 0.2) is 54.9 Å². The van der Waals surface area contributed by atoms with E-state index in [9.17, 15) is 4.79 Å². The number of anilines is 1. The number of halogens is 1.